The molecule has 3 N–H and O–H groups in total. The maximum Gasteiger partial charge on any atom is 0.326 e. The van der Waals surface area contributed by atoms with E-state index in [1.807, 2.05) is 13.1 Å². The average Bonchev–Trinajstić information content (AvgIpc) is 2.74. The van der Waals surface area contributed by atoms with Crippen LogP contribution in [0.15, 0.2) is 0 Å². The number of urea groups is 1. The number of imide groups is 1. The molecule has 2 heterocycles. The maximum absolute atomic E-state index is 12.1. The highest BCUT2D eigenvalue weighted by atomic mass is 28.4. The van der Waals surface area contributed by atoms with Gasteiger partial charge in [0.25, 0.3) is 0 Å². The third-order valence-electron chi connectivity index (χ3n) is 5.12. The summed E-state index contributed by atoms with van der Waals surface area (Å²) in [5, 5.41) is 22.1. The lowest BCUT2D eigenvalue weighted by molar-refractivity contribution is -0.125. The summed E-state index contributed by atoms with van der Waals surface area (Å²) in [6.07, 6.45) is -3.30. The van der Waals surface area contributed by atoms with Crippen molar-refractivity contribution >= 4 is 20.3 Å². The van der Waals surface area contributed by atoms with Crippen LogP contribution < -0.4 is 5.32 Å². The van der Waals surface area contributed by atoms with Crippen LogP contribution >= 0.6 is 0 Å². The van der Waals surface area contributed by atoms with Crippen LogP contribution in [0.3, 0.4) is 0 Å². The van der Waals surface area contributed by atoms with Gasteiger partial charge in [-0.15, -0.1) is 0 Å². The van der Waals surface area contributed by atoms with Crippen molar-refractivity contribution in [2.24, 2.45) is 0 Å². The number of rotatable bonds is 4. The second-order valence-corrected chi connectivity index (χ2v) is 12.6. The van der Waals surface area contributed by atoms with Crippen molar-refractivity contribution < 1.29 is 29.0 Å². The molecule has 0 aliphatic carbocycles. The molecule has 2 rings (SSSR count). The van der Waals surface area contributed by atoms with Crippen molar-refractivity contribution in [3.05, 3.63) is 0 Å². The number of nitrogens with zero attached hydrogens (tertiary/aromatic N) is 1. The summed E-state index contributed by atoms with van der Waals surface area (Å²) >= 11 is 0. The Hall–Kier alpha value is -1.00. The minimum absolute atomic E-state index is 0.0886. The lowest BCUT2D eigenvalue weighted by atomic mass is 10.1. The molecule has 0 spiro atoms. The Morgan fingerprint density at radius 3 is 2.50 bits per heavy atom. The van der Waals surface area contributed by atoms with Crippen molar-refractivity contribution in [2.45, 2.75) is 69.9 Å². The monoisotopic (exact) mass is 360 g/mol. The molecule has 4 atom stereocenters. The van der Waals surface area contributed by atoms with Gasteiger partial charge in [0, 0.05) is 13.0 Å². The van der Waals surface area contributed by atoms with Gasteiger partial charge >= 0.3 is 6.03 Å². The molecule has 138 valence electrons. The van der Waals surface area contributed by atoms with Gasteiger partial charge in [-0.25, -0.2) is 4.79 Å². The van der Waals surface area contributed by atoms with Crippen LogP contribution in [0.2, 0.25) is 18.1 Å². The van der Waals surface area contributed by atoms with Crippen LogP contribution in [0, 0.1) is 0 Å². The molecule has 0 aromatic carbocycles. The van der Waals surface area contributed by atoms with Crippen LogP contribution in [-0.4, -0.2) is 73.1 Å². The van der Waals surface area contributed by atoms with Gasteiger partial charge in [-0.05, 0) is 18.1 Å². The molecule has 24 heavy (non-hydrogen) atoms. The Labute approximate surface area is 143 Å². The third kappa shape index (κ3) is 3.64. The van der Waals surface area contributed by atoms with Gasteiger partial charge in [0.15, 0.2) is 14.5 Å². The molecular weight excluding hydrogens is 332 g/mol. The SMILES string of the molecule is CC(C)(C)[Si](C)(C)OC1C(O)C(CO)OC1N1CCC(=O)NC1=O. The van der Waals surface area contributed by atoms with Crippen LogP contribution in [-0.2, 0) is 14.0 Å². The van der Waals surface area contributed by atoms with E-state index in [0.717, 1.165) is 0 Å². The fraction of sp³-hybridized carbons (Fsp3) is 0.867. The number of carbonyl (C=O) groups is 2. The van der Waals surface area contributed by atoms with E-state index >= 15 is 0 Å². The van der Waals surface area contributed by atoms with Crippen molar-refractivity contribution in [1.82, 2.24) is 10.2 Å². The zero-order valence-corrected chi connectivity index (χ0v) is 15.9. The number of amides is 3. The third-order valence-corrected chi connectivity index (χ3v) is 9.60. The summed E-state index contributed by atoms with van der Waals surface area (Å²) in [6.45, 7) is 10.1. The van der Waals surface area contributed by atoms with Crippen molar-refractivity contribution in [2.75, 3.05) is 13.2 Å². The number of aliphatic hydroxyl groups is 2. The highest BCUT2D eigenvalue weighted by Crippen LogP contribution is 2.40. The Morgan fingerprint density at radius 1 is 1.38 bits per heavy atom. The van der Waals surface area contributed by atoms with Gasteiger partial charge in [-0.1, -0.05) is 20.8 Å². The normalized spacial score (nSPS) is 32.2. The fourth-order valence-electron chi connectivity index (χ4n) is 2.58. The fourth-order valence-corrected chi connectivity index (χ4v) is 3.87. The van der Waals surface area contributed by atoms with E-state index in [1.165, 1.54) is 4.90 Å². The molecule has 0 bridgehead atoms. The number of nitrogens with one attached hydrogen (secondary N) is 1. The van der Waals surface area contributed by atoms with Crippen molar-refractivity contribution in [1.29, 1.82) is 0 Å². The summed E-state index contributed by atoms with van der Waals surface area (Å²) in [4.78, 5) is 24.8. The number of hydrogen-bond donors (Lipinski definition) is 3. The Morgan fingerprint density at radius 2 is 2.00 bits per heavy atom. The zero-order chi connectivity index (χ0) is 18.3. The summed E-state index contributed by atoms with van der Waals surface area (Å²) in [7, 11) is -2.24. The van der Waals surface area contributed by atoms with Gasteiger partial charge in [0.2, 0.25) is 5.91 Å². The quantitative estimate of drug-likeness (QED) is 0.626. The minimum atomic E-state index is -2.24. The first-order valence-electron chi connectivity index (χ1n) is 8.20. The highest BCUT2D eigenvalue weighted by Gasteiger charge is 2.52. The first-order chi connectivity index (χ1) is 11.0. The largest absolute Gasteiger partial charge is 0.407 e. The van der Waals surface area contributed by atoms with E-state index in [0.29, 0.717) is 0 Å². The number of hydrogen-bond acceptors (Lipinski definition) is 6. The van der Waals surface area contributed by atoms with Crippen LogP contribution in [0.25, 0.3) is 0 Å². The zero-order valence-electron chi connectivity index (χ0n) is 14.9. The summed E-state index contributed by atoms with van der Waals surface area (Å²) in [5.74, 6) is -0.338. The highest BCUT2D eigenvalue weighted by molar-refractivity contribution is 6.74. The van der Waals surface area contributed by atoms with Gasteiger partial charge in [-0.3, -0.25) is 15.0 Å². The van der Waals surface area contributed by atoms with Gasteiger partial charge < -0.3 is 19.4 Å². The molecule has 0 radical (unpaired) electrons. The van der Waals surface area contributed by atoms with Gasteiger partial charge in [-0.2, -0.15) is 0 Å². The van der Waals surface area contributed by atoms with Crippen LogP contribution in [0.4, 0.5) is 4.79 Å². The molecule has 4 unspecified atom stereocenters. The summed E-state index contributed by atoms with van der Waals surface area (Å²) < 4.78 is 12.0. The molecule has 0 saturated carbocycles. The topological polar surface area (TPSA) is 108 Å². The predicted octanol–water partition coefficient (Wildman–Crippen LogP) is 0.397. The lowest BCUT2D eigenvalue weighted by Gasteiger charge is -2.42. The maximum atomic E-state index is 12.1. The molecule has 8 nitrogen and oxygen atoms in total. The molecule has 0 aromatic heterocycles. The van der Waals surface area contributed by atoms with Crippen molar-refractivity contribution in [3.8, 4) is 0 Å². The van der Waals surface area contributed by atoms with E-state index in [4.69, 9.17) is 9.16 Å². The summed E-state index contributed by atoms with van der Waals surface area (Å²) in [5.41, 5.74) is 0. The Balaban J connectivity index is 2.24. The molecule has 3 amide bonds. The smallest absolute Gasteiger partial charge is 0.326 e. The van der Waals surface area contributed by atoms with Crippen LogP contribution in [0.5, 0.6) is 0 Å². The number of ether oxygens (including phenoxy) is 1. The number of aliphatic hydroxyl groups excluding tert-OH is 2. The first kappa shape index (κ1) is 19.3. The average molecular weight is 360 g/mol. The van der Waals surface area contributed by atoms with Crippen LogP contribution in [0.1, 0.15) is 27.2 Å². The van der Waals surface area contributed by atoms with Crippen molar-refractivity contribution in [3.63, 3.8) is 0 Å². The predicted molar refractivity (Wildman–Crippen MR) is 88.7 cm³/mol. The van der Waals surface area contributed by atoms with Gasteiger partial charge in [0.1, 0.15) is 18.3 Å². The minimum Gasteiger partial charge on any atom is -0.407 e. The summed E-state index contributed by atoms with van der Waals surface area (Å²) in [6, 6.07) is -0.564. The molecule has 9 heteroatoms. The molecule has 2 fully saturated rings. The Kier molecular flexibility index (Phi) is 5.41. The molecular formula is C15H28N2O6Si. The van der Waals surface area contributed by atoms with Gasteiger partial charge in [0.05, 0.1) is 6.61 Å². The number of carbonyl (C=O) groups excluding carboxylic acids is 2. The Bertz CT molecular complexity index is 507. The molecule has 2 saturated heterocycles. The van der Waals surface area contributed by atoms with E-state index in [2.05, 4.69) is 26.1 Å². The van der Waals surface area contributed by atoms with E-state index in [1.54, 1.807) is 0 Å². The molecule has 2 aliphatic heterocycles. The molecule has 2 aliphatic rings. The standard InChI is InChI=1S/C15H28N2O6Si/c1-15(2,3)24(4,5)23-12-11(20)9(8-18)22-13(12)17-7-6-10(19)16-14(17)21/h9,11-13,18,20H,6-8H2,1-5H3,(H,16,19,21). The van der Waals surface area contributed by atoms with E-state index in [-0.39, 0.29) is 30.5 Å². The second-order valence-electron chi connectivity index (χ2n) is 7.88. The van der Waals surface area contributed by atoms with E-state index < -0.39 is 38.9 Å². The lowest BCUT2D eigenvalue weighted by Crippen LogP contribution is -2.59. The molecule has 0 aromatic rings. The van der Waals surface area contributed by atoms with E-state index in [9.17, 15) is 19.8 Å². The second kappa shape index (κ2) is 6.72. The first-order valence-corrected chi connectivity index (χ1v) is 11.1.